The van der Waals surface area contributed by atoms with Gasteiger partial charge in [-0.2, -0.15) is 16.1 Å². The summed E-state index contributed by atoms with van der Waals surface area (Å²) < 4.78 is 25.3. The van der Waals surface area contributed by atoms with E-state index >= 15 is 0 Å². The van der Waals surface area contributed by atoms with Gasteiger partial charge in [-0.15, -0.1) is 0 Å². The van der Waals surface area contributed by atoms with Gasteiger partial charge < -0.3 is 5.11 Å². The van der Waals surface area contributed by atoms with Crippen LogP contribution in [0.4, 0.5) is 0 Å². The fourth-order valence-corrected chi connectivity index (χ4v) is 4.79. The molecule has 1 atom stereocenters. The maximum absolute atomic E-state index is 12.1. The van der Waals surface area contributed by atoms with Gasteiger partial charge in [0.1, 0.15) is 6.04 Å². The van der Waals surface area contributed by atoms with E-state index in [2.05, 4.69) is 0 Å². The summed E-state index contributed by atoms with van der Waals surface area (Å²) in [6.45, 7) is 4.22. The standard InChI is InChI=1S/C10H19NO4S2/c1-8(2)3-6-17(14,15)11-4-5-16-7-9(11)10(12)13/h8-9H,3-7H2,1-2H3,(H,12,13). The Morgan fingerprint density at radius 1 is 1.53 bits per heavy atom. The summed E-state index contributed by atoms with van der Waals surface area (Å²) in [5, 5.41) is 9.03. The monoisotopic (exact) mass is 281 g/mol. The zero-order valence-electron chi connectivity index (χ0n) is 10.1. The normalized spacial score (nSPS) is 22.9. The summed E-state index contributed by atoms with van der Waals surface area (Å²) in [6, 6.07) is -0.897. The van der Waals surface area contributed by atoms with Crippen LogP contribution >= 0.6 is 11.8 Å². The first-order valence-electron chi connectivity index (χ1n) is 5.64. The zero-order valence-corrected chi connectivity index (χ0v) is 11.8. The van der Waals surface area contributed by atoms with E-state index in [0.717, 1.165) is 4.31 Å². The van der Waals surface area contributed by atoms with Gasteiger partial charge in [0, 0.05) is 18.1 Å². The minimum atomic E-state index is -3.43. The number of carboxylic acid groups (broad SMARTS) is 1. The minimum Gasteiger partial charge on any atom is -0.480 e. The van der Waals surface area contributed by atoms with E-state index in [1.807, 2.05) is 13.8 Å². The van der Waals surface area contributed by atoms with Crippen LogP contribution in [0.1, 0.15) is 20.3 Å². The summed E-state index contributed by atoms with van der Waals surface area (Å²) >= 11 is 1.49. The summed E-state index contributed by atoms with van der Waals surface area (Å²) in [5.41, 5.74) is 0. The molecule has 1 N–H and O–H groups in total. The average molecular weight is 281 g/mol. The fourth-order valence-electron chi connectivity index (χ4n) is 1.62. The van der Waals surface area contributed by atoms with Crippen molar-refractivity contribution in [2.24, 2.45) is 5.92 Å². The molecule has 1 heterocycles. The van der Waals surface area contributed by atoms with Crippen LogP contribution in [0.3, 0.4) is 0 Å². The summed E-state index contributed by atoms with van der Waals surface area (Å²) in [6.07, 6.45) is 0.568. The van der Waals surface area contributed by atoms with Gasteiger partial charge in [-0.25, -0.2) is 8.42 Å². The molecule has 1 aliphatic heterocycles. The number of hydrogen-bond acceptors (Lipinski definition) is 4. The van der Waals surface area contributed by atoms with Crippen molar-refractivity contribution in [2.45, 2.75) is 26.3 Å². The predicted molar refractivity (Wildman–Crippen MR) is 68.7 cm³/mol. The predicted octanol–water partition coefficient (Wildman–Crippen LogP) is 0.864. The fraction of sp³-hybridized carbons (Fsp3) is 0.900. The Labute approximate surface area is 107 Å². The van der Waals surface area contributed by atoms with E-state index in [-0.39, 0.29) is 5.75 Å². The van der Waals surface area contributed by atoms with E-state index in [1.54, 1.807) is 0 Å². The number of sulfonamides is 1. The van der Waals surface area contributed by atoms with Crippen LogP contribution < -0.4 is 0 Å². The molecule has 1 rings (SSSR count). The third kappa shape index (κ3) is 4.15. The molecule has 0 aliphatic carbocycles. The Morgan fingerprint density at radius 3 is 2.71 bits per heavy atom. The molecule has 0 saturated carbocycles. The highest BCUT2D eigenvalue weighted by molar-refractivity contribution is 7.99. The number of aliphatic carboxylic acids is 1. The van der Waals surface area contributed by atoms with E-state index in [1.165, 1.54) is 11.8 Å². The lowest BCUT2D eigenvalue weighted by Crippen LogP contribution is -2.50. The van der Waals surface area contributed by atoms with E-state index in [9.17, 15) is 13.2 Å². The van der Waals surface area contributed by atoms with Crippen molar-refractivity contribution in [3.63, 3.8) is 0 Å². The first kappa shape index (κ1) is 14.8. The smallest absolute Gasteiger partial charge is 0.322 e. The molecular weight excluding hydrogens is 262 g/mol. The van der Waals surface area contributed by atoms with E-state index in [4.69, 9.17) is 5.11 Å². The van der Waals surface area contributed by atoms with Gasteiger partial charge in [0.25, 0.3) is 0 Å². The second-order valence-electron chi connectivity index (χ2n) is 4.54. The Kier molecular flexibility index (Phi) is 5.27. The highest BCUT2D eigenvalue weighted by Crippen LogP contribution is 2.21. The van der Waals surface area contributed by atoms with Crippen LogP contribution in [0.2, 0.25) is 0 Å². The topological polar surface area (TPSA) is 74.7 Å². The highest BCUT2D eigenvalue weighted by atomic mass is 32.2. The molecule has 1 aliphatic rings. The third-order valence-electron chi connectivity index (χ3n) is 2.67. The summed E-state index contributed by atoms with van der Waals surface area (Å²) in [4.78, 5) is 11.0. The van der Waals surface area contributed by atoms with Crippen LogP contribution in [-0.2, 0) is 14.8 Å². The first-order valence-corrected chi connectivity index (χ1v) is 8.41. The van der Waals surface area contributed by atoms with Crippen LogP contribution in [0.25, 0.3) is 0 Å². The maximum Gasteiger partial charge on any atom is 0.322 e. The molecule has 1 fully saturated rings. The van der Waals surface area contributed by atoms with Gasteiger partial charge >= 0.3 is 5.97 Å². The average Bonchev–Trinajstić information content (AvgIpc) is 2.26. The van der Waals surface area contributed by atoms with Crippen LogP contribution in [-0.4, -0.2) is 53.6 Å². The lowest BCUT2D eigenvalue weighted by atomic mass is 10.2. The van der Waals surface area contributed by atoms with Gasteiger partial charge in [0.05, 0.1) is 5.75 Å². The SMILES string of the molecule is CC(C)CCS(=O)(=O)N1CCSCC1C(=O)O. The largest absolute Gasteiger partial charge is 0.480 e. The van der Waals surface area contributed by atoms with Crippen molar-refractivity contribution in [1.29, 1.82) is 0 Å². The Morgan fingerprint density at radius 2 is 2.18 bits per heavy atom. The molecular formula is C10H19NO4S2. The molecule has 0 radical (unpaired) electrons. The second-order valence-corrected chi connectivity index (χ2v) is 7.73. The van der Waals surface area contributed by atoms with E-state index < -0.39 is 22.0 Å². The van der Waals surface area contributed by atoms with Gasteiger partial charge in [-0.1, -0.05) is 13.8 Å². The van der Waals surface area contributed by atoms with Crippen molar-refractivity contribution in [3.05, 3.63) is 0 Å². The van der Waals surface area contributed by atoms with Gasteiger partial charge in [0.15, 0.2) is 0 Å². The Hall–Kier alpha value is -0.270. The van der Waals surface area contributed by atoms with Crippen LogP contribution in [0.5, 0.6) is 0 Å². The van der Waals surface area contributed by atoms with Gasteiger partial charge in [-0.3, -0.25) is 4.79 Å². The third-order valence-corrected chi connectivity index (χ3v) is 5.60. The van der Waals surface area contributed by atoms with E-state index in [0.29, 0.717) is 30.4 Å². The summed E-state index contributed by atoms with van der Waals surface area (Å²) in [7, 11) is -3.43. The van der Waals surface area contributed by atoms with Crippen molar-refractivity contribution < 1.29 is 18.3 Å². The molecule has 1 saturated heterocycles. The molecule has 0 aromatic heterocycles. The maximum atomic E-state index is 12.1. The molecule has 0 aromatic rings. The quantitative estimate of drug-likeness (QED) is 0.809. The van der Waals surface area contributed by atoms with Crippen molar-refractivity contribution >= 4 is 27.8 Å². The Bertz CT molecular complexity index is 367. The highest BCUT2D eigenvalue weighted by Gasteiger charge is 2.36. The number of thioether (sulfide) groups is 1. The first-order chi connectivity index (χ1) is 7.84. The molecule has 0 aromatic carbocycles. The summed E-state index contributed by atoms with van der Waals surface area (Å²) in [5.74, 6) is 0.303. The van der Waals surface area contributed by atoms with Crippen LogP contribution in [0, 0.1) is 5.92 Å². The second kappa shape index (κ2) is 6.06. The molecule has 1 unspecified atom stereocenters. The van der Waals surface area contributed by atoms with Crippen molar-refractivity contribution in [3.8, 4) is 0 Å². The molecule has 17 heavy (non-hydrogen) atoms. The van der Waals surface area contributed by atoms with Crippen LogP contribution in [0.15, 0.2) is 0 Å². The lowest BCUT2D eigenvalue weighted by Gasteiger charge is -2.31. The lowest BCUT2D eigenvalue weighted by molar-refractivity contribution is -0.140. The number of nitrogens with zero attached hydrogens (tertiary/aromatic N) is 1. The number of rotatable bonds is 5. The van der Waals surface area contributed by atoms with Crippen molar-refractivity contribution in [2.75, 3.05) is 23.8 Å². The van der Waals surface area contributed by atoms with Crippen molar-refractivity contribution in [1.82, 2.24) is 4.31 Å². The molecule has 5 nitrogen and oxygen atoms in total. The van der Waals surface area contributed by atoms with Gasteiger partial charge in [-0.05, 0) is 12.3 Å². The molecule has 7 heteroatoms. The zero-order chi connectivity index (χ0) is 13.1. The molecule has 0 spiro atoms. The minimum absolute atomic E-state index is 0.0408. The number of hydrogen-bond donors (Lipinski definition) is 1. The Balaban J connectivity index is 2.76. The van der Waals surface area contributed by atoms with Gasteiger partial charge in [0.2, 0.25) is 10.0 Å². The molecule has 100 valence electrons. The molecule has 0 bridgehead atoms. The number of carbonyl (C=O) groups is 1. The number of carboxylic acids is 1. The molecule has 0 amide bonds.